The van der Waals surface area contributed by atoms with Crippen LogP contribution in [-0.2, 0) is 4.79 Å². The maximum Gasteiger partial charge on any atom is 0.317 e. The maximum absolute atomic E-state index is 12.6. The largest absolute Gasteiger partial charge is 0.480 e. The molecule has 2 aromatic rings. The Labute approximate surface area is 162 Å². The van der Waals surface area contributed by atoms with Gasteiger partial charge >= 0.3 is 5.97 Å². The Morgan fingerprint density at radius 3 is 2.59 bits per heavy atom. The van der Waals surface area contributed by atoms with Crippen molar-refractivity contribution >= 4 is 23.5 Å². The number of hydrogen-bond donors (Lipinski definition) is 2. The lowest BCUT2D eigenvalue weighted by Crippen LogP contribution is -2.54. The molecule has 0 aliphatic heterocycles. The zero-order valence-corrected chi connectivity index (χ0v) is 16.1. The lowest BCUT2D eigenvalue weighted by atomic mass is 9.85. The highest BCUT2D eigenvalue weighted by molar-refractivity contribution is 6.30. The van der Waals surface area contributed by atoms with E-state index in [0.29, 0.717) is 22.8 Å². The van der Waals surface area contributed by atoms with Crippen molar-refractivity contribution in [3.05, 3.63) is 46.7 Å². The first-order valence-electron chi connectivity index (χ1n) is 8.96. The molecule has 1 aliphatic rings. The second-order valence-electron chi connectivity index (χ2n) is 6.80. The third-order valence-corrected chi connectivity index (χ3v) is 5.20. The molecule has 1 amide bonds. The van der Waals surface area contributed by atoms with Crippen LogP contribution in [0, 0.1) is 6.92 Å². The Hall–Kier alpha value is -2.38. The molecule has 0 spiro atoms. The van der Waals surface area contributed by atoms with E-state index < -0.39 is 5.97 Å². The van der Waals surface area contributed by atoms with Gasteiger partial charge in [-0.15, -0.1) is 0 Å². The number of carboxylic acid groups (broad SMARTS) is 1. The first-order valence-corrected chi connectivity index (χ1v) is 9.34. The number of aryl methyl sites for hydroxylation is 1. The Bertz CT molecular complexity index is 828. The summed E-state index contributed by atoms with van der Waals surface area (Å²) in [5.41, 5.74) is 2.02. The van der Waals surface area contributed by atoms with E-state index in [9.17, 15) is 9.59 Å². The SMILES string of the molecule is CCN(CC(=O)O)C1CC(NC(=O)c2cn(-c3ccc(Cl)cc3)nc2C)C1. The van der Waals surface area contributed by atoms with E-state index in [1.54, 1.807) is 29.9 Å². The van der Waals surface area contributed by atoms with Crippen LogP contribution >= 0.6 is 11.6 Å². The van der Waals surface area contributed by atoms with E-state index in [-0.39, 0.29) is 24.5 Å². The highest BCUT2D eigenvalue weighted by atomic mass is 35.5. The number of benzene rings is 1. The minimum Gasteiger partial charge on any atom is -0.480 e. The molecule has 1 aromatic carbocycles. The van der Waals surface area contributed by atoms with Crippen LogP contribution in [0.15, 0.2) is 30.5 Å². The second kappa shape index (κ2) is 8.10. The minimum absolute atomic E-state index is 0.0365. The molecule has 1 saturated carbocycles. The van der Waals surface area contributed by atoms with Crippen molar-refractivity contribution in [2.45, 2.75) is 38.8 Å². The third-order valence-electron chi connectivity index (χ3n) is 4.94. The second-order valence-corrected chi connectivity index (χ2v) is 7.24. The van der Waals surface area contributed by atoms with Crippen LogP contribution in [-0.4, -0.2) is 56.8 Å². The lowest BCUT2D eigenvalue weighted by molar-refractivity contribution is -0.139. The number of rotatable bonds is 7. The minimum atomic E-state index is -0.824. The molecule has 1 aromatic heterocycles. The number of carbonyl (C=O) groups excluding carboxylic acids is 1. The number of amides is 1. The zero-order valence-electron chi connectivity index (χ0n) is 15.4. The van der Waals surface area contributed by atoms with E-state index in [0.717, 1.165) is 18.5 Å². The summed E-state index contributed by atoms with van der Waals surface area (Å²) in [5, 5.41) is 17.0. The summed E-state index contributed by atoms with van der Waals surface area (Å²) in [6, 6.07) is 7.50. The van der Waals surface area contributed by atoms with E-state index >= 15 is 0 Å². The van der Waals surface area contributed by atoms with Crippen molar-refractivity contribution in [1.82, 2.24) is 20.0 Å². The fraction of sp³-hybridized carbons (Fsp3) is 0.421. The van der Waals surface area contributed by atoms with Gasteiger partial charge in [0, 0.05) is 23.3 Å². The van der Waals surface area contributed by atoms with Gasteiger partial charge in [-0.3, -0.25) is 14.5 Å². The fourth-order valence-corrected chi connectivity index (χ4v) is 3.47. The number of aliphatic carboxylic acids is 1. The average Bonchev–Trinajstić information content (AvgIpc) is 2.98. The van der Waals surface area contributed by atoms with E-state index in [2.05, 4.69) is 10.4 Å². The number of halogens is 1. The smallest absolute Gasteiger partial charge is 0.317 e. The number of hydrogen-bond acceptors (Lipinski definition) is 4. The molecule has 0 radical (unpaired) electrons. The summed E-state index contributed by atoms with van der Waals surface area (Å²) >= 11 is 5.91. The highest BCUT2D eigenvalue weighted by Crippen LogP contribution is 2.26. The van der Waals surface area contributed by atoms with Crippen LogP contribution < -0.4 is 5.32 Å². The maximum atomic E-state index is 12.6. The molecule has 1 aliphatic carbocycles. The first-order chi connectivity index (χ1) is 12.9. The first kappa shape index (κ1) is 19.4. The van der Waals surface area contributed by atoms with Crippen molar-refractivity contribution in [1.29, 1.82) is 0 Å². The van der Waals surface area contributed by atoms with Crippen LogP contribution in [0.4, 0.5) is 0 Å². The number of aromatic nitrogens is 2. The Balaban J connectivity index is 1.59. The van der Waals surface area contributed by atoms with Gasteiger partial charge in [-0.2, -0.15) is 5.10 Å². The van der Waals surface area contributed by atoms with Crippen molar-refractivity contribution in [3.8, 4) is 5.69 Å². The van der Waals surface area contributed by atoms with Gasteiger partial charge in [0.05, 0.1) is 23.5 Å². The van der Waals surface area contributed by atoms with Gasteiger partial charge in [0.1, 0.15) is 0 Å². The summed E-state index contributed by atoms with van der Waals surface area (Å²) < 4.78 is 1.66. The molecular formula is C19H23ClN4O3. The molecular weight excluding hydrogens is 368 g/mol. The van der Waals surface area contributed by atoms with Crippen LogP contribution in [0.2, 0.25) is 5.02 Å². The van der Waals surface area contributed by atoms with Crippen molar-refractivity contribution in [2.24, 2.45) is 0 Å². The number of nitrogens with one attached hydrogen (secondary N) is 1. The predicted molar refractivity (Wildman–Crippen MR) is 102 cm³/mol. The fourth-order valence-electron chi connectivity index (χ4n) is 3.35. The lowest BCUT2D eigenvalue weighted by Gasteiger charge is -2.42. The molecule has 0 atom stereocenters. The van der Waals surface area contributed by atoms with Crippen LogP contribution in [0.1, 0.15) is 35.8 Å². The van der Waals surface area contributed by atoms with Crippen LogP contribution in [0.3, 0.4) is 0 Å². The van der Waals surface area contributed by atoms with Crippen molar-refractivity contribution < 1.29 is 14.7 Å². The van der Waals surface area contributed by atoms with Gasteiger partial charge in [0.15, 0.2) is 0 Å². The summed E-state index contributed by atoms with van der Waals surface area (Å²) in [5.74, 6) is -0.980. The summed E-state index contributed by atoms with van der Waals surface area (Å²) in [7, 11) is 0. The molecule has 144 valence electrons. The summed E-state index contributed by atoms with van der Waals surface area (Å²) in [4.78, 5) is 25.4. The predicted octanol–water partition coefficient (Wildman–Crippen LogP) is 2.50. The molecule has 0 unspecified atom stereocenters. The Morgan fingerprint density at radius 2 is 2.00 bits per heavy atom. The monoisotopic (exact) mass is 390 g/mol. The average molecular weight is 391 g/mol. The van der Waals surface area contributed by atoms with E-state index in [1.165, 1.54) is 0 Å². The molecule has 8 heteroatoms. The molecule has 3 rings (SSSR count). The topological polar surface area (TPSA) is 87.5 Å². The summed E-state index contributed by atoms with van der Waals surface area (Å²) in [6.45, 7) is 4.47. The van der Waals surface area contributed by atoms with Gasteiger partial charge in [-0.05, 0) is 50.6 Å². The highest BCUT2D eigenvalue weighted by Gasteiger charge is 2.35. The van der Waals surface area contributed by atoms with Crippen LogP contribution in [0.25, 0.3) is 5.69 Å². The molecule has 27 heavy (non-hydrogen) atoms. The third kappa shape index (κ3) is 4.48. The van der Waals surface area contributed by atoms with E-state index in [1.807, 2.05) is 24.0 Å². The Morgan fingerprint density at radius 1 is 1.33 bits per heavy atom. The summed E-state index contributed by atoms with van der Waals surface area (Å²) in [6.07, 6.45) is 3.24. The molecule has 2 N–H and O–H groups in total. The van der Waals surface area contributed by atoms with Gasteiger partial charge in [0.2, 0.25) is 0 Å². The number of nitrogens with zero attached hydrogens (tertiary/aromatic N) is 3. The van der Waals surface area contributed by atoms with Gasteiger partial charge in [-0.25, -0.2) is 4.68 Å². The number of carboxylic acids is 1. The van der Waals surface area contributed by atoms with Gasteiger partial charge in [-0.1, -0.05) is 18.5 Å². The van der Waals surface area contributed by atoms with Gasteiger partial charge < -0.3 is 10.4 Å². The normalized spacial score (nSPS) is 19.0. The number of likely N-dealkylation sites (N-methyl/N-ethyl adjacent to an activating group) is 1. The molecule has 0 bridgehead atoms. The van der Waals surface area contributed by atoms with Crippen molar-refractivity contribution in [2.75, 3.05) is 13.1 Å². The van der Waals surface area contributed by atoms with E-state index in [4.69, 9.17) is 16.7 Å². The standard InChI is InChI=1S/C19H23ClN4O3/c1-3-23(11-18(25)26)16-8-14(9-16)21-19(27)17-10-24(22-12(17)2)15-6-4-13(20)5-7-15/h4-7,10,14,16H,3,8-9,11H2,1-2H3,(H,21,27)(H,25,26). The molecule has 1 fully saturated rings. The molecule has 1 heterocycles. The van der Waals surface area contributed by atoms with Crippen LogP contribution in [0.5, 0.6) is 0 Å². The molecule has 7 nitrogen and oxygen atoms in total. The Kier molecular flexibility index (Phi) is 5.82. The quantitative estimate of drug-likeness (QED) is 0.758. The zero-order chi connectivity index (χ0) is 19.6. The van der Waals surface area contributed by atoms with Gasteiger partial charge in [0.25, 0.3) is 5.91 Å². The molecule has 0 saturated heterocycles. The van der Waals surface area contributed by atoms with Crippen molar-refractivity contribution in [3.63, 3.8) is 0 Å². The number of carbonyl (C=O) groups is 2.